The molecule has 0 saturated heterocycles. The average molecular weight is 491 g/mol. The summed E-state index contributed by atoms with van der Waals surface area (Å²) in [6.45, 7) is 5.82. The summed E-state index contributed by atoms with van der Waals surface area (Å²) in [6, 6.07) is 4.74. The fourth-order valence-corrected chi connectivity index (χ4v) is 3.52. The van der Waals surface area contributed by atoms with Crippen molar-refractivity contribution in [3.05, 3.63) is 40.7 Å². The number of hydrogen-bond donors (Lipinski definition) is 2. The number of carbonyl (C=O) groups excluding carboxylic acids is 4. The zero-order valence-electron chi connectivity index (χ0n) is 20.6. The minimum atomic E-state index is -1.43. The molecule has 0 aliphatic carbocycles. The molecule has 1 aliphatic heterocycles. The highest BCUT2D eigenvalue weighted by Crippen LogP contribution is 2.33. The van der Waals surface area contributed by atoms with Crippen LogP contribution in [0.1, 0.15) is 27.7 Å². The second-order valence-electron chi connectivity index (χ2n) is 7.30. The Labute approximate surface area is 203 Å². The molecule has 11 nitrogen and oxygen atoms in total. The summed E-state index contributed by atoms with van der Waals surface area (Å²) in [6.07, 6.45) is 0. The molecule has 0 atom stereocenters. The van der Waals surface area contributed by atoms with E-state index in [1.165, 1.54) is 14.2 Å². The first-order valence-electron chi connectivity index (χ1n) is 10.9. The summed E-state index contributed by atoms with van der Waals surface area (Å²) >= 11 is 0. The van der Waals surface area contributed by atoms with Gasteiger partial charge in [-0.3, -0.25) is 9.59 Å². The Kier molecular flexibility index (Phi) is 9.68. The normalized spacial score (nSPS) is 13.5. The number of hydrogen-bond acceptors (Lipinski definition) is 10. The number of amides is 1. The topological polar surface area (TPSA) is 138 Å². The van der Waals surface area contributed by atoms with Crippen LogP contribution in [-0.2, 0) is 33.4 Å². The number of rotatable bonds is 10. The second-order valence-corrected chi connectivity index (χ2v) is 7.30. The van der Waals surface area contributed by atoms with Crippen molar-refractivity contribution >= 4 is 29.5 Å². The third-order valence-electron chi connectivity index (χ3n) is 5.00. The highest BCUT2D eigenvalue weighted by molar-refractivity contribution is 6.06. The van der Waals surface area contributed by atoms with Gasteiger partial charge < -0.3 is 34.3 Å². The zero-order valence-corrected chi connectivity index (χ0v) is 20.6. The number of ether oxygens (including phenoxy) is 5. The minimum Gasteiger partial charge on any atom is -0.493 e. The number of esters is 3. The number of dihydropyridines is 1. The Morgan fingerprint density at radius 2 is 1.40 bits per heavy atom. The van der Waals surface area contributed by atoms with E-state index in [1.54, 1.807) is 45.9 Å². The maximum Gasteiger partial charge on any atom is 0.337 e. The van der Waals surface area contributed by atoms with Crippen LogP contribution in [-0.4, -0.2) is 57.9 Å². The molecule has 1 aromatic rings. The van der Waals surface area contributed by atoms with E-state index in [1.807, 2.05) is 0 Å². The van der Waals surface area contributed by atoms with Crippen LogP contribution in [0.25, 0.3) is 0 Å². The number of benzene rings is 1. The van der Waals surface area contributed by atoms with Gasteiger partial charge in [-0.15, -0.1) is 0 Å². The molecule has 0 fully saturated rings. The Morgan fingerprint density at radius 1 is 0.857 bits per heavy atom. The van der Waals surface area contributed by atoms with E-state index in [-0.39, 0.29) is 24.4 Å². The van der Waals surface area contributed by atoms with E-state index < -0.39 is 36.3 Å². The summed E-state index contributed by atoms with van der Waals surface area (Å²) < 4.78 is 25.7. The zero-order chi connectivity index (χ0) is 26.1. The molecule has 1 heterocycles. The van der Waals surface area contributed by atoms with Crippen molar-refractivity contribution in [3.8, 4) is 11.5 Å². The molecule has 0 saturated carbocycles. The fraction of sp³-hybridized carbons (Fsp3) is 0.417. The largest absolute Gasteiger partial charge is 0.493 e. The maximum atomic E-state index is 13.1. The number of carbonyl (C=O) groups is 4. The summed E-state index contributed by atoms with van der Waals surface area (Å²) in [7, 11) is 2.94. The molecule has 0 bridgehead atoms. The molecule has 1 aliphatic rings. The number of anilines is 1. The lowest BCUT2D eigenvalue weighted by atomic mass is 9.85. The predicted octanol–water partition coefficient (Wildman–Crippen LogP) is 2.08. The van der Waals surface area contributed by atoms with E-state index in [9.17, 15) is 19.2 Å². The lowest BCUT2D eigenvalue weighted by Gasteiger charge is -2.28. The molecule has 1 aromatic carbocycles. The number of nitrogens with one attached hydrogen (secondary N) is 2. The third kappa shape index (κ3) is 6.52. The lowest BCUT2D eigenvalue weighted by molar-refractivity contribution is -0.153. The smallest absolute Gasteiger partial charge is 0.337 e. The molecule has 2 rings (SSSR count). The van der Waals surface area contributed by atoms with Crippen molar-refractivity contribution in [2.75, 3.05) is 39.4 Å². The molecule has 190 valence electrons. The average Bonchev–Trinajstić information content (AvgIpc) is 2.82. The predicted molar refractivity (Wildman–Crippen MR) is 124 cm³/mol. The molecular formula is C24H30N2O9. The van der Waals surface area contributed by atoms with Crippen LogP contribution in [0.3, 0.4) is 0 Å². The molecular weight excluding hydrogens is 460 g/mol. The van der Waals surface area contributed by atoms with Gasteiger partial charge in [0.05, 0.1) is 38.6 Å². The second kappa shape index (κ2) is 12.4. The summed E-state index contributed by atoms with van der Waals surface area (Å²) in [4.78, 5) is 50.8. The monoisotopic (exact) mass is 490 g/mol. The summed E-state index contributed by atoms with van der Waals surface area (Å²) in [5.41, 5.74) is 0.851. The van der Waals surface area contributed by atoms with Crippen molar-refractivity contribution in [1.82, 2.24) is 5.32 Å². The Morgan fingerprint density at radius 3 is 1.89 bits per heavy atom. The quantitative estimate of drug-likeness (QED) is 0.370. The Balaban J connectivity index is 2.24. The first kappa shape index (κ1) is 27.2. The van der Waals surface area contributed by atoms with E-state index >= 15 is 0 Å². The molecule has 1 amide bonds. The van der Waals surface area contributed by atoms with E-state index in [2.05, 4.69) is 10.6 Å². The first-order chi connectivity index (χ1) is 16.7. The van der Waals surface area contributed by atoms with Crippen LogP contribution < -0.4 is 20.1 Å². The molecule has 35 heavy (non-hydrogen) atoms. The van der Waals surface area contributed by atoms with E-state index in [0.29, 0.717) is 28.6 Å². The van der Waals surface area contributed by atoms with Crippen molar-refractivity contribution in [2.24, 2.45) is 5.92 Å². The molecule has 11 heteroatoms. The third-order valence-corrected chi connectivity index (χ3v) is 5.00. The molecule has 0 aromatic heterocycles. The molecule has 2 N–H and O–H groups in total. The van der Waals surface area contributed by atoms with Crippen LogP contribution in [0.4, 0.5) is 5.69 Å². The van der Waals surface area contributed by atoms with Gasteiger partial charge in [-0.2, -0.15) is 0 Å². The van der Waals surface area contributed by atoms with Crippen molar-refractivity contribution in [1.29, 1.82) is 0 Å². The number of allylic oxidation sites excluding steroid dienone is 2. The van der Waals surface area contributed by atoms with Gasteiger partial charge in [-0.05, 0) is 39.8 Å². The van der Waals surface area contributed by atoms with Crippen LogP contribution in [0.15, 0.2) is 40.7 Å². The van der Waals surface area contributed by atoms with Gasteiger partial charge in [0.2, 0.25) is 0 Å². The van der Waals surface area contributed by atoms with Gasteiger partial charge in [0.1, 0.15) is 5.92 Å². The summed E-state index contributed by atoms with van der Waals surface area (Å²) in [5.74, 6) is -3.74. The van der Waals surface area contributed by atoms with Crippen molar-refractivity contribution in [2.45, 2.75) is 27.7 Å². The van der Waals surface area contributed by atoms with Crippen molar-refractivity contribution < 1.29 is 42.9 Å². The maximum absolute atomic E-state index is 13.1. The fourth-order valence-electron chi connectivity index (χ4n) is 3.52. The van der Waals surface area contributed by atoms with Gasteiger partial charge in [0.15, 0.2) is 18.1 Å². The van der Waals surface area contributed by atoms with Crippen LogP contribution >= 0.6 is 0 Å². The van der Waals surface area contributed by atoms with Crippen LogP contribution in [0.2, 0.25) is 0 Å². The SMILES string of the molecule is CCOC(=O)C1=C(C)NC(C)=C(C(=O)OCC)C1C(=O)OCC(=O)Nc1ccc(OC)c(OC)c1. The minimum absolute atomic E-state index is 0.0581. The van der Waals surface area contributed by atoms with Gasteiger partial charge in [-0.25, -0.2) is 9.59 Å². The van der Waals surface area contributed by atoms with Crippen molar-refractivity contribution in [3.63, 3.8) is 0 Å². The Bertz CT molecular complexity index is 1020. The van der Waals surface area contributed by atoms with Gasteiger partial charge in [-0.1, -0.05) is 0 Å². The van der Waals surface area contributed by atoms with Crippen LogP contribution in [0, 0.1) is 5.92 Å². The molecule has 0 unspecified atom stereocenters. The first-order valence-corrected chi connectivity index (χ1v) is 10.9. The highest BCUT2D eigenvalue weighted by atomic mass is 16.5. The summed E-state index contributed by atoms with van der Waals surface area (Å²) in [5, 5.41) is 5.49. The molecule has 0 spiro atoms. The van der Waals surface area contributed by atoms with E-state index in [0.717, 1.165) is 0 Å². The Hall–Kier alpha value is -4.02. The van der Waals surface area contributed by atoms with E-state index in [4.69, 9.17) is 23.7 Å². The van der Waals surface area contributed by atoms with Gasteiger partial charge in [0.25, 0.3) is 5.91 Å². The van der Waals surface area contributed by atoms with Crippen LogP contribution in [0.5, 0.6) is 11.5 Å². The van der Waals surface area contributed by atoms with Gasteiger partial charge >= 0.3 is 17.9 Å². The molecule has 0 radical (unpaired) electrons. The standard InChI is InChI=1S/C24H30N2O9/c1-7-33-22(28)19-13(3)25-14(4)20(23(29)34-8-2)21(19)24(30)35-12-18(27)26-15-9-10-16(31-5)17(11-15)32-6/h9-11,21,25H,7-8,12H2,1-6H3,(H,26,27). The number of methoxy groups -OCH3 is 2. The van der Waals surface area contributed by atoms with Gasteiger partial charge in [0, 0.05) is 23.1 Å². The highest BCUT2D eigenvalue weighted by Gasteiger charge is 2.42. The lowest BCUT2D eigenvalue weighted by Crippen LogP contribution is -2.39.